The molecule has 5 fully saturated rings. The molecule has 0 unspecified atom stereocenters. The minimum absolute atomic E-state index is 0.0885. The van der Waals surface area contributed by atoms with Crippen molar-refractivity contribution >= 4 is 17.0 Å². The lowest BCUT2D eigenvalue weighted by Gasteiger charge is -2.59. The van der Waals surface area contributed by atoms with E-state index in [-0.39, 0.29) is 23.4 Å². The number of para-hydroxylation sites is 2. The van der Waals surface area contributed by atoms with E-state index in [4.69, 9.17) is 24.0 Å². The van der Waals surface area contributed by atoms with Crippen molar-refractivity contribution in [1.82, 2.24) is 9.97 Å². The first-order chi connectivity index (χ1) is 15.4. The van der Waals surface area contributed by atoms with E-state index in [1.807, 2.05) is 31.2 Å². The molecule has 8 nitrogen and oxygen atoms in total. The highest BCUT2D eigenvalue weighted by molar-refractivity contribution is 5.89. The van der Waals surface area contributed by atoms with Gasteiger partial charge in [0.2, 0.25) is 12.1 Å². The van der Waals surface area contributed by atoms with Crippen LogP contribution in [0.4, 0.5) is 0 Å². The summed E-state index contributed by atoms with van der Waals surface area (Å²) in [5, 5.41) is 0. The molecule has 1 aromatic heterocycles. The van der Waals surface area contributed by atoms with Crippen LogP contribution in [0.2, 0.25) is 0 Å². The maximum absolute atomic E-state index is 13.0. The molecule has 170 valence electrons. The molecule has 5 aliphatic rings. The summed E-state index contributed by atoms with van der Waals surface area (Å²) < 4.78 is 18.5. The molecule has 2 bridgehead atoms. The van der Waals surface area contributed by atoms with Crippen LogP contribution in [0.3, 0.4) is 0 Å². The number of hydrogen-bond acceptors (Lipinski definition) is 8. The summed E-state index contributed by atoms with van der Waals surface area (Å²) in [7, 11) is 0. The number of nitrogens with zero attached hydrogens (tertiary/aromatic N) is 2. The van der Waals surface area contributed by atoms with Crippen LogP contribution in [0.5, 0.6) is 0 Å². The fraction of sp³-hybridized carbons (Fsp3) is 0.625. The Labute approximate surface area is 186 Å². The predicted molar refractivity (Wildman–Crippen MR) is 112 cm³/mol. The van der Waals surface area contributed by atoms with Gasteiger partial charge in [-0.15, -0.1) is 0 Å². The third kappa shape index (κ3) is 2.93. The number of carbonyl (C=O) groups is 1. The number of fused-ring (bicyclic) bond motifs is 3. The average Bonchev–Trinajstić information content (AvgIpc) is 3.03. The minimum Gasteiger partial charge on any atom is -0.431 e. The van der Waals surface area contributed by atoms with Gasteiger partial charge in [0.05, 0.1) is 17.2 Å². The molecular weight excluding hydrogens is 412 g/mol. The van der Waals surface area contributed by atoms with Crippen LogP contribution >= 0.6 is 0 Å². The average molecular weight is 440 g/mol. The Kier molecular flexibility index (Phi) is 4.60. The maximum Gasteiger partial charge on any atom is 0.360 e. The second kappa shape index (κ2) is 7.18. The number of aromatic nitrogens is 2. The van der Waals surface area contributed by atoms with Gasteiger partial charge in [0.1, 0.15) is 0 Å². The molecule has 8 heteroatoms. The van der Waals surface area contributed by atoms with Crippen LogP contribution in [-0.2, 0) is 24.0 Å². The first-order valence-corrected chi connectivity index (χ1v) is 11.5. The standard InChI is InChI=1S/C24H28N2O6/c1-13-8-9-16-14(2)21(28-20(27)19-12-25-17-6-4-5-7-18(17)26-19)29-22-24(16)15(13)10-11-23(3,30-22)31-32-24/h4-7,12-16,21-22H,8-11H2,1-3H3/t13-,14-,15+,16+,21+,22-,23-,24-/m1/s1. The molecule has 1 aromatic carbocycles. The monoisotopic (exact) mass is 440 g/mol. The topological polar surface area (TPSA) is 89.0 Å². The summed E-state index contributed by atoms with van der Waals surface area (Å²) in [6, 6.07) is 7.41. The third-order valence-corrected chi connectivity index (χ3v) is 7.98. The number of benzene rings is 1. The molecule has 32 heavy (non-hydrogen) atoms. The van der Waals surface area contributed by atoms with E-state index in [0.29, 0.717) is 11.4 Å². The lowest BCUT2D eigenvalue weighted by atomic mass is 9.58. The van der Waals surface area contributed by atoms with Crippen molar-refractivity contribution in [3.05, 3.63) is 36.2 Å². The zero-order valence-electron chi connectivity index (χ0n) is 18.5. The van der Waals surface area contributed by atoms with Crippen molar-refractivity contribution < 1.29 is 28.8 Å². The van der Waals surface area contributed by atoms with Crippen molar-refractivity contribution in [2.75, 3.05) is 0 Å². The fourth-order valence-electron chi connectivity index (χ4n) is 6.23. The Morgan fingerprint density at radius 2 is 1.91 bits per heavy atom. The number of hydrogen-bond donors (Lipinski definition) is 0. The van der Waals surface area contributed by atoms with Gasteiger partial charge in [-0.05, 0) is 50.2 Å². The predicted octanol–water partition coefficient (Wildman–Crippen LogP) is 3.99. The normalized spacial score (nSPS) is 42.8. The second-order valence-corrected chi connectivity index (χ2v) is 9.92. The summed E-state index contributed by atoms with van der Waals surface area (Å²) in [6.45, 7) is 6.20. The van der Waals surface area contributed by atoms with Crippen LogP contribution < -0.4 is 0 Å². The lowest BCUT2D eigenvalue weighted by molar-refractivity contribution is -0.576. The van der Waals surface area contributed by atoms with Gasteiger partial charge in [0, 0.05) is 18.3 Å². The van der Waals surface area contributed by atoms with Gasteiger partial charge in [0.15, 0.2) is 17.6 Å². The summed E-state index contributed by atoms with van der Waals surface area (Å²) in [5.74, 6) is -0.681. The molecule has 5 heterocycles. The highest BCUT2D eigenvalue weighted by Gasteiger charge is 2.69. The van der Waals surface area contributed by atoms with Crippen LogP contribution in [-0.4, -0.2) is 39.9 Å². The van der Waals surface area contributed by atoms with Crippen molar-refractivity contribution in [1.29, 1.82) is 0 Å². The number of ether oxygens (including phenoxy) is 3. The van der Waals surface area contributed by atoms with E-state index in [1.54, 1.807) is 0 Å². The van der Waals surface area contributed by atoms with Gasteiger partial charge in [-0.3, -0.25) is 4.98 Å². The van der Waals surface area contributed by atoms with Crippen molar-refractivity contribution in [2.24, 2.45) is 23.7 Å². The molecule has 0 radical (unpaired) electrons. The summed E-state index contributed by atoms with van der Waals surface area (Å²) in [4.78, 5) is 33.7. The van der Waals surface area contributed by atoms with Gasteiger partial charge in [-0.1, -0.05) is 26.0 Å². The fourth-order valence-corrected chi connectivity index (χ4v) is 6.23. The maximum atomic E-state index is 13.0. The summed E-state index contributed by atoms with van der Waals surface area (Å²) in [5.41, 5.74) is 0.845. The van der Waals surface area contributed by atoms with Crippen molar-refractivity contribution in [3.63, 3.8) is 0 Å². The van der Waals surface area contributed by atoms with Crippen molar-refractivity contribution in [2.45, 2.75) is 70.4 Å². The molecule has 4 aliphatic heterocycles. The van der Waals surface area contributed by atoms with E-state index in [1.165, 1.54) is 6.20 Å². The van der Waals surface area contributed by atoms with Gasteiger partial charge in [-0.25, -0.2) is 19.6 Å². The van der Waals surface area contributed by atoms with E-state index in [9.17, 15) is 4.79 Å². The van der Waals surface area contributed by atoms with E-state index >= 15 is 0 Å². The number of carbonyl (C=O) groups excluding carboxylic acids is 1. The molecule has 1 spiro atoms. The zero-order valence-corrected chi connectivity index (χ0v) is 18.5. The highest BCUT2D eigenvalue weighted by Crippen LogP contribution is 2.60. The van der Waals surface area contributed by atoms with Crippen LogP contribution in [0.25, 0.3) is 11.0 Å². The molecule has 8 atom stereocenters. The molecule has 7 rings (SSSR count). The highest BCUT2D eigenvalue weighted by atomic mass is 17.3. The van der Waals surface area contributed by atoms with Crippen LogP contribution in [0.1, 0.15) is 56.9 Å². The molecule has 0 N–H and O–H groups in total. The molecule has 2 aromatic rings. The molecule has 1 saturated carbocycles. The van der Waals surface area contributed by atoms with E-state index in [0.717, 1.165) is 31.2 Å². The lowest BCUT2D eigenvalue weighted by Crippen LogP contribution is -2.70. The largest absolute Gasteiger partial charge is 0.431 e. The first kappa shape index (κ1) is 20.5. The van der Waals surface area contributed by atoms with Crippen LogP contribution in [0.15, 0.2) is 30.5 Å². The number of esters is 1. The Morgan fingerprint density at radius 1 is 1.09 bits per heavy atom. The Morgan fingerprint density at radius 3 is 2.75 bits per heavy atom. The summed E-state index contributed by atoms with van der Waals surface area (Å²) in [6.07, 6.45) is 3.74. The van der Waals surface area contributed by atoms with E-state index < -0.39 is 29.9 Å². The minimum atomic E-state index is -0.865. The van der Waals surface area contributed by atoms with Gasteiger partial charge < -0.3 is 14.2 Å². The van der Waals surface area contributed by atoms with Gasteiger partial charge in [-0.2, -0.15) is 0 Å². The Hall–Kier alpha value is -2.13. The van der Waals surface area contributed by atoms with Crippen LogP contribution in [0, 0.1) is 23.7 Å². The smallest absolute Gasteiger partial charge is 0.360 e. The second-order valence-electron chi connectivity index (χ2n) is 9.92. The Balaban J connectivity index is 1.29. The summed E-state index contributed by atoms with van der Waals surface area (Å²) >= 11 is 0. The Bertz CT molecular complexity index is 1060. The SMILES string of the molecule is C[C@H]1[C@@H](OC(=O)c2cnc3ccccc3n2)O[C@@H]2O[C@@]3(C)CC[C@H]4[C@H](C)CC[C@@H]1[C@@]24OO3. The molecule has 1 aliphatic carbocycles. The third-order valence-electron chi connectivity index (χ3n) is 7.98. The van der Waals surface area contributed by atoms with Gasteiger partial charge >= 0.3 is 5.97 Å². The molecular formula is C24H28N2O6. The van der Waals surface area contributed by atoms with Gasteiger partial charge in [0.25, 0.3) is 0 Å². The number of rotatable bonds is 2. The molecule has 0 amide bonds. The first-order valence-electron chi connectivity index (χ1n) is 11.5. The quantitative estimate of drug-likeness (QED) is 0.512. The van der Waals surface area contributed by atoms with E-state index in [2.05, 4.69) is 23.8 Å². The van der Waals surface area contributed by atoms with Crippen molar-refractivity contribution in [3.8, 4) is 0 Å². The molecule has 4 saturated heterocycles. The zero-order chi connectivity index (χ0) is 22.1.